The number of benzene rings is 1. The van der Waals surface area contributed by atoms with Crippen LogP contribution in [0, 0.1) is 5.92 Å². The SMILES string of the molecule is CCC(=O)N1CCC(c2ccc(C[C@@H](C=NC)NC(=O)[C@H]3N[C@@H]4CC[C@H]3C4)cc2)CC1. The Bertz CT molecular complexity index is 798. The maximum Gasteiger partial charge on any atom is 0.237 e. The fraction of sp³-hybridized carbons (Fsp3) is 0.640. The van der Waals surface area contributed by atoms with E-state index >= 15 is 0 Å². The Morgan fingerprint density at radius 1 is 1.19 bits per heavy atom. The van der Waals surface area contributed by atoms with Gasteiger partial charge in [0.25, 0.3) is 0 Å². The number of aliphatic imine (C=N–C) groups is 1. The molecule has 0 aromatic heterocycles. The second kappa shape index (κ2) is 9.94. The first-order valence-corrected chi connectivity index (χ1v) is 11.9. The Hall–Kier alpha value is -2.21. The van der Waals surface area contributed by atoms with Gasteiger partial charge in [-0.2, -0.15) is 0 Å². The minimum atomic E-state index is -0.0902. The van der Waals surface area contributed by atoms with E-state index in [2.05, 4.69) is 39.9 Å². The lowest BCUT2D eigenvalue weighted by atomic mass is 9.88. The highest BCUT2D eigenvalue weighted by molar-refractivity contribution is 5.86. The molecule has 168 valence electrons. The van der Waals surface area contributed by atoms with E-state index in [1.807, 2.05) is 18.0 Å². The van der Waals surface area contributed by atoms with Gasteiger partial charge in [-0.3, -0.25) is 14.6 Å². The van der Waals surface area contributed by atoms with Crippen molar-refractivity contribution in [3.8, 4) is 0 Å². The summed E-state index contributed by atoms with van der Waals surface area (Å²) in [5.74, 6) is 1.39. The van der Waals surface area contributed by atoms with E-state index in [1.165, 1.54) is 17.5 Å². The molecule has 2 saturated heterocycles. The van der Waals surface area contributed by atoms with E-state index in [9.17, 15) is 9.59 Å². The topological polar surface area (TPSA) is 73.8 Å². The van der Waals surface area contributed by atoms with Crippen LogP contribution in [0.25, 0.3) is 0 Å². The van der Waals surface area contributed by atoms with Crippen molar-refractivity contribution in [2.24, 2.45) is 10.9 Å². The molecule has 0 spiro atoms. The molecule has 6 nitrogen and oxygen atoms in total. The Morgan fingerprint density at radius 2 is 1.94 bits per heavy atom. The van der Waals surface area contributed by atoms with E-state index < -0.39 is 0 Å². The van der Waals surface area contributed by atoms with Crippen LogP contribution >= 0.6 is 0 Å². The van der Waals surface area contributed by atoms with E-state index in [-0.39, 0.29) is 23.9 Å². The molecule has 6 heteroatoms. The zero-order chi connectivity index (χ0) is 21.8. The van der Waals surface area contributed by atoms with Gasteiger partial charge in [0.1, 0.15) is 0 Å². The zero-order valence-corrected chi connectivity index (χ0v) is 18.8. The molecule has 2 heterocycles. The van der Waals surface area contributed by atoms with Crippen molar-refractivity contribution in [1.29, 1.82) is 0 Å². The average Bonchev–Trinajstić information content (AvgIpc) is 3.43. The number of fused-ring (bicyclic) bond motifs is 2. The second-order valence-corrected chi connectivity index (χ2v) is 9.39. The highest BCUT2D eigenvalue weighted by Gasteiger charge is 2.42. The summed E-state index contributed by atoms with van der Waals surface area (Å²) in [6, 6.07) is 9.19. The molecule has 4 atom stereocenters. The maximum absolute atomic E-state index is 12.8. The van der Waals surface area contributed by atoms with Crippen molar-refractivity contribution in [3.63, 3.8) is 0 Å². The summed E-state index contributed by atoms with van der Waals surface area (Å²) >= 11 is 0. The van der Waals surface area contributed by atoms with Crippen LogP contribution in [-0.4, -0.2) is 61.2 Å². The first-order valence-electron chi connectivity index (χ1n) is 11.9. The molecule has 4 rings (SSSR count). The Labute approximate surface area is 185 Å². The molecule has 2 bridgehead atoms. The molecule has 1 aromatic rings. The van der Waals surface area contributed by atoms with Crippen LogP contribution < -0.4 is 10.6 Å². The number of nitrogens with one attached hydrogen (secondary N) is 2. The number of nitrogens with zero attached hydrogens (tertiary/aromatic N) is 2. The smallest absolute Gasteiger partial charge is 0.237 e. The van der Waals surface area contributed by atoms with E-state index in [4.69, 9.17) is 0 Å². The molecule has 1 saturated carbocycles. The minimum Gasteiger partial charge on any atom is -0.347 e. The second-order valence-electron chi connectivity index (χ2n) is 9.39. The lowest BCUT2D eigenvalue weighted by Gasteiger charge is -2.32. The van der Waals surface area contributed by atoms with Crippen LogP contribution in [0.4, 0.5) is 0 Å². The van der Waals surface area contributed by atoms with E-state index in [1.54, 1.807) is 7.05 Å². The Morgan fingerprint density at radius 3 is 2.52 bits per heavy atom. The number of hydrogen-bond acceptors (Lipinski definition) is 4. The van der Waals surface area contributed by atoms with E-state index in [0.29, 0.717) is 24.3 Å². The van der Waals surface area contributed by atoms with Gasteiger partial charge in [0.05, 0.1) is 12.1 Å². The highest BCUT2D eigenvalue weighted by Crippen LogP contribution is 2.35. The molecule has 2 amide bonds. The minimum absolute atomic E-state index is 0.0423. The zero-order valence-electron chi connectivity index (χ0n) is 18.8. The summed E-state index contributed by atoms with van der Waals surface area (Å²) < 4.78 is 0. The first kappa shape index (κ1) is 22.0. The van der Waals surface area contributed by atoms with Gasteiger partial charge in [0.15, 0.2) is 0 Å². The number of piperidine rings is 2. The standard InChI is InChI=1S/C25H36N4O2/c1-3-23(30)29-12-10-19(11-13-29)18-6-4-17(5-7-18)14-22(16-26-2)28-25(31)24-20-8-9-21(15-20)27-24/h4-7,16,19-22,24,27H,3,8-15H2,1-2H3,(H,28,31)/t20-,21+,22-,24-/m0/s1. The molecule has 1 aromatic carbocycles. The monoisotopic (exact) mass is 424 g/mol. The quantitative estimate of drug-likeness (QED) is 0.661. The fourth-order valence-corrected chi connectivity index (χ4v) is 5.61. The summed E-state index contributed by atoms with van der Waals surface area (Å²) in [5.41, 5.74) is 2.55. The summed E-state index contributed by atoms with van der Waals surface area (Å²) in [6.45, 7) is 3.65. The van der Waals surface area contributed by atoms with Crippen LogP contribution in [-0.2, 0) is 16.0 Å². The summed E-state index contributed by atoms with van der Waals surface area (Å²) in [6.07, 6.45) is 8.75. The number of carbonyl (C=O) groups is 2. The van der Waals surface area contributed by atoms with Gasteiger partial charge >= 0.3 is 0 Å². The molecule has 3 aliphatic rings. The van der Waals surface area contributed by atoms with Gasteiger partial charge in [-0.1, -0.05) is 31.2 Å². The Kier molecular flexibility index (Phi) is 7.06. The fourth-order valence-electron chi connectivity index (χ4n) is 5.61. The van der Waals surface area contributed by atoms with Crippen molar-refractivity contribution < 1.29 is 9.59 Å². The van der Waals surface area contributed by atoms with Gasteiger partial charge in [-0.15, -0.1) is 0 Å². The lowest BCUT2D eigenvalue weighted by Crippen LogP contribution is -2.51. The number of carbonyl (C=O) groups excluding carboxylic acids is 2. The van der Waals surface area contributed by atoms with Gasteiger partial charge < -0.3 is 15.5 Å². The predicted octanol–water partition coefficient (Wildman–Crippen LogP) is 2.67. The molecular formula is C25H36N4O2. The molecule has 0 unspecified atom stereocenters. The number of amides is 2. The normalized spacial score (nSPS) is 27.0. The van der Waals surface area contributed by atoms with E-state index in [0.717, 1.165) is 45.2 Å². The third-order valence-electron chi connectivity index (χ3n) is 7.36. The molecule has 2 N–H and O–H groups in total. The van der Waals surface area contributed by atoms with Crippen LogP contribution in [0.1, 0.15) is 62.5 Å². The summed E-state index contributed by atoms with van der Waals surface area (Å²) in [5, 5.41) is 6.68. The molecule has 31 heavy (non-hydrogen) atoms. The Balaban J connectivity index is 1.31. The molecule has 0 radical (unpaired) electrons. The summed E-state index contributed by atoms with van der Waals surface area (Å²) in [7, 11) is 1.76. The van der Waals surface area contributed by atoms with Crippen molar-refractivity contribution in [2.75, 3.05) is 20.1 Å². The number of likely N-dealkylation sites (tertiary alicyclic amines) is 1. The lowest BCUT2D eigenvalue weighted by molar-refractivity contribution is -0.131. The van der Waals surface area contributed by atoms with Crippen LogP contribution in [0.3, 0.4) is 0 Å². The third kappa shape index (κ3) is 5.17. The molecule has 1 aliphatic carbocycles. The van der Waals surface area contributed by atoms with Crippen LogP contribution in [0.15, 0.2) is 29.3 Å². The van der Waals surface area contributed by atoms with Gasteiger partial charge in [0, 0.05) is 38.8 Å². The van der Waals surface area contributed by atoms with Gasteiger partial charge in [-0.25, -0.2) is 0 Å². The van der Waals surface area contributed by atoms with Gasteiger partial charge in [-0.05, 0) is 61.5 Å². The van der Waals surface area contributed by atoms with Crippen LogP contribution in [0.5, 0.6) is 0 Å². The largest absolute Gasteiger partial charge is 0.347 e. The molecular weight excluding hydrogens is 388 g/mol. The highest BCUT2D eigenvalue weighted by atomic mass is 16.2. The van der Waals surface area contributed by atoms with Crippen LogP contribution in [0.2, 0.25) is 0 Å². The summed E-state index contributed by atoms with van der Waals surface area (Å²) in [4.78, 5) is 30.9. The maximum atomic E-state index is 12.8. The molecule has 2 aliphatic heterocycles. The van der Waals surface area contributed by atoms with Gasteiger partial charge in [0.2, 0.25) is 11.8 Å². The number of hydrogen-bond donors (Lipinski definition) is 2. The van der Waals surface area contributed by atoms with Crippen molar-refractivity contribution in [2.45, 2.75) is 75.9 Å². The number of rotatable bonds is 7. The predicted molar refractivity (Wildman–Crippen MR) is 123 cm³/mol. The third-order valence-corrected chi connectivity index (χ3v) is 7.36. The van der Waals surface area contributed by atoms with Crippen molar-refractivity contribution in [3.05, 3.63) is 35.4 Å². The van der Waals surface area contributed by atoms with Crippen molar-refractivity contribution >= 4 is 18.0 Å². The average molecular weight is 425 g/mol. The van der Waals surface area contributed by atoms with Crippen molar-refractivity contribution in [1.82, 2.24) is 15.5 Å². The first-order chi connectivity index (χ1) is 15.1. The molecule has 3 fully saturated rings.